The number of nitrogens with one attached hydrogen (secondary N) is 4. The highest BCUT2D eigenvalue weighted by Gasteiger charge is 2.12. The molecule has 0 saturated carbocycles. The molecule has 2 amide bonds. The topological polar surface area (TPSA) is 134 Å². The molecule has 0 aliphatic heterocycles. The molecule has 1 heterocycles. The second-order valence-corrected chi connectivity index (χ2v) is 6.30. The molecule has 0 aliphatic carbocycles. The molecule has 0 unspecified atom stereocenters. The number of benzene rings is 2. The Morgan fingerprint density at radius 1 is 1.10 bits per heavy atom. The predicted octanol–water partition coefficient (Wildman–Crippen LogP) is 0.591. The van der Waals surface area contributed by atoms with E-state index in [1.165, 1.54) is 25.3 Å². The monoisotopic (exact) mass is 411 g/mol. The Labute approximate surface area is 170 Å². The fourth-order valence-corrected chi connectivity index (χ4v) is 2.89. The molecule has 0 radical (unpaired) electrons. The summed E-state index contributed by atoms with van der Waals surface area (Å²) < 4.78 is 6.25. The number of carbonyl (C=O) groups is 2. The second-order valence-electron chi connectivity index (χ2n) is 6.30. The normalized spacial score (nSPS) is 10.5. The van der Waals surface area contributed by atoms with E-state index in [-0.39, 0.29) is 29.6 Å². The van der Waals surface area contributed by atoms with Gasteiger partial charge in [0.25, 0.3) is 17.4 Å². The van der Waals surface area contributed by atoms with E-state index in [0.29, 0.717) is 11.4 Å². The summed E-state index contributed by atoms with van der Waals surface area (Å²) in [6.07, 6.45) is 0. The number of fused-ring (bicyclic) bond motifs is 1. The zero-order valence-corrected chi connectivity index (χ0v) is 16.4. The van der Waals surface area contributed by atoms with Crippen molar-refractivity contribution >= 4 is 28.4 Å². The van der Waals surface area contributed by atoms with E-state index < -0.39 is 23.1 Å². The average molecular weight is 411 g/mol. The van der Waals surface area contributed by atoms with Crippen molar-refractivity contribution in [1.82, 2.24) is 20.4 Å². The molecule has 4 N–H and O–H groups in total. The minimum absolute atomic E-state index is 0.0950. The van der Waals surface area contributed by atoms with Gasteiger partial charge in [0.2, 0.25) is 0 Å². The Balaban J connectivity index is 1.64. The Morgan fingerprint density at radius 3 is 2.60 bits per heavy atom. The Hall–Kier alpha value is -4.08. The van der Waals surface area contributed by atoms with Crippen LogP contribution in [0, 0.1) is 0 Å². The summed E-state index contributed by atoms with van der Waals surface area (Å²) in [6, 6.07) is 11.4. The predicted molar refractivity (Wildman–Crippen MR) is 112 cm³/mol. The Morgan fingerprint density at radius 2 is 1.87 bits per heavy atom. The number of rotatable bonds is 6. The van der Waals surface area contributed by atoms with E-state index in [2.05, 4.69) is 21.2 Å². The zero-order valence-electron chi connectivity index (χ0n) is 16.4. The van der Waals surface area contributed by atoms with Crippen LogP contribution in [-0.4, -0.2) is 35.0 Å². The number of aromatic amines is 1. The van der Waals surface area contributed by atoms with Crippen molar-refractivity contribution in [3.63, 3.8) is 0 Å². The number of nitrogens with zero attached hydrogens (tertiary/aromatic N) is 1. The van der Waals surface area contributed by atoms with Crippen LogP contribution in [0.1, 0.15) is 17.3 Å². The third kappa shape index (κ3) is 4.32. The largest absolute Gasteiger partial charge is 0.495 e. The maximum absolute atomic E-state index is 12.3. The molecule has 0 aliphatic rings. The highest BCUT2D eigenvalue weighted by atomic mass is 16.5. The first-order valence-electron chi connectivity index (χ1n) is 9.17. The van der Waals surface area contributed by atoms with Crippen LogP contribution in [0.4, 0.5) is 5.69 Å². The van der Waals surface area contributed by atoms with Gasteiger partial charge in [0.05, 0.1) is 30.2 Å². The molecule has 10 heteroatoms. The van der Waals surface area contributed by atoms with Crippen LogP contribution in [-0.2, 0) is 11.3 Å². The van der Waals surface area contributed by atoms with E-state index in [4.69, 9.17) is 4.74 Å². The van der Waals surface area contributed by atoms with Gasteiger partial charge >= 0.3 is 5.69 Å². The number of amides is 2. The van der Waals surface area contributed by atoms with Gasteiger partial charge in [0.1, 0.15) is 5.75 Å². The smallest absolute Gasteiger partial charge is 0.328 e. The molecule has 3 aromatic rings. The van der Waals surface area contributed by atoms with Crippen LogP contribution in [0.3, 0.4) is 0 Å². The third-order valence-electron chi connectivity index (χ3n) is 4.42. The van der Waals surface area contributed by atoms with Crippen molar-refractivity contribution in [2.75, 3.05) is 19.0 Å². The van der Waals surface area contributed by atoms with Gasteiger partial charge < -0.3 is 15.0 Å². The van der Waals surface area contributed by atoms with Crippen LogP contribution in [0.15, 0.2) is 52.1 Å². The minimum Gasteiger partial charge on any atom is -0.495 e. The first kappa shape index (κ1) is 20.6. The number of ether oxygens (including phenoxy) is 1. The van der Waals surface area contributed by atoms with Crippen LogP contribution in [0.25, 0.3) is 10.9 Å². The molecule has 0 atom stereocenters. The van der Waals surface area contributed by atoms with E-state index in [1.54, 1.807) is 31.2 Å². The van der Waals surface area contributed by atoms with E-state index in [1.807, 2.05) is 0 Å². The third-order valence-corrected chi connectivity index (χ3v) is 4.42. The first-order chi connectivity index (χ1) is 14.4. The molecule has 156 valence electrons. The van der Waals surface area contributed by atoms with Gasteiger partial charge in [-0.3, -0.25) is 29.8 Å². The summed E-state index contributed by atoms with van der Waals surface area (Å²) in [7, 11) is 1.52. The van der Waals surface area contributed by atoms with Crippen LogP contribution in [0.5, 0.6) is 5.75 Å². The van der Waals surface area contributed by atoms with Crippen LogP contribution in [0.2, 0.25) is 0 Å². The van der Waals surface area contributed by atoms with Crippen molar-refractivity contribution in [1.29, 1.82) is 0 Å². The molecule has 10 nitrogen and oxygen atoms in total. The number of carbonyl (C=O) groups excluding carboxylic acids is 2. The summed E-state index contributed by atoms with van der Waals surface area (Å²) in [5.41, 5.74) is 4.66. The fraction of sp³-hybridized carbons (Fsp3) is 0.200. The van der Waals surface area contributed by atoms with Crippen molar-refractivity contribution < 1.29 is 14.3 Å². The molecule has 30 heavy (non-hydrogen) atoms. The van der Waals surface area contributed by atoms with Crippen molar-refractivity contribution in [2.45, 2.75) is 13.5 Å². The maximum atomic E-state index is 12.3. The van der Waals surface area contributed by atoms with Crippen molar-refractivity contribution in [3.8, 4) is 5.75 Å². The molecular formula is C20H21N5O5. The Kier molecular flexibility index (Phi) is 6.16. The lowest BCUT2D eigenvalue weighted by molar-refractivity contribution is -0.120. The van der Waals surface area contributed by atoms with Gasteiger partial charge in [-0.2, -0.15) is 0 Å². The van der Waals surface area contributed by atoms with Gasteiger partial charge in [0, 0.05) is 12.1 Å². The summed E-state index contributed by atoms with van der Waals surface area (Å²) in [4.78, 5) is 51.1. The van der Waals surface area contributed by atoms with Gasteiger partial charge in [-0.15, -0.1) is 0 Å². The summed E-state index contributed by atoms with van der Waals surface area (Å²) in [6.45, 7) is 1.83. The molecule has 0 fully saturated rings. The van der Waals surface area contributed by atoms with Crippen molar-refractivity contribution in [2.24, 2.45) is 0 Å². The number of hydrogen-bond donors (Lipinski definition) is 4. The summed E-state index contributed by atoms with van der Waals surface area (Å²) >= 11 is 0. The number of para-hydroxylation sites is 2. The highest BCUT2D eigenvalue weighted by Crippen LogP contribution is 2.22. The molecule has 1 aromatic heterocycles. The summed E-state index contributed by atoms with van der Waals surface area (Å²) in [5.74, 6) is -0.487. The van der Waals surface area contributed by atoms with Gasteiger partial charge in [-0.25, -0.2) is 4.79 Å². The Bertz CT molecular complexity index is 1210. The van der Waals surface area contributed by atoms with Crippen LogP contribution < -0.4 is 32.2 Å². The summed E-state index contributed by atoms with van der Waals surface area (Å²) in [5, 5.41) is 3.20. The number of anilines is 1. The molecular weight excluding hydrogens is 390 g/mol. The zero-order chi connectivity index (χ0) is 21.7. The highest BCUT2D eigenvalue weighted by molar-refractivity contribution is 5.98. The molecule has 3 rings (SSSR count). The van der Waals surface area contributed by atoms with E-state index in [0.717, 1.165) is 4.57 Å². The average Bonchev–Trinajstić information content (AvgIpc) is 2.76. The first-order valence-corrected chi connectivity index (χ1v) is 9.17. The number of H-pyrrole nitrogens is 1. The molecule has 2 aromatic carbocycles. The maximum Gasteiger partial charge on any atom is 0.328 e. The number of methoxy groups -OCH3 is 1. The SMILES string of the molecule is CCn1c(=O)[nH]c2cc(C(=O)NNC(=O)CNc3ccccc3OC)ccc2c1=O. The fourth-order valence-electron chi connectivity index (χ4n) is 2.89. The van der Waals surface area contributed by atoms with Crippen molar-refractivity contribution in [3.05, 3.63) is 68.9 Å². The molecule has 0 saturated heterocycles. The van der Waals surface area contributed by atoms with Gasteiger partial charge in [0.15, 0.2) is 0 Å². The van der Waals surface area contributed by atoms with Crippen LogP contribution >= 0.6 is 0 Å². The van der Waals surface area contributed by atoms with Gasteiger partial charge in [-0.05, 0) is 37.3 Å². The van der Waals surface area contributed by atoms with E-state index >= 15 is 0 Å². The second kappa shape index (κ2) is 8.95. The lowest BCUT2D eigenvalue weighted by atomic mass is 10.1. The van der Waals surface area contributed by atoms with Gasteiger partial charge in [-0.1, -0.05) is 12.1 Å². The molecule has 0 spiro atoms. The molecule has 0 bridgehead atoms. The lowest BCUT2D eigenvalue weighted by Crippen LogP contribution is -2.44. The number of aromatic nitrogens is 2. The standard InChI is InChI=1S/C20H21N5O5/c1-3-25-19(28)13-9-8-12(10-15(13)22-20(25)29)18(27)24-23-17(26)11-21-14-6-4-5-7-16(14)30-2/h4-10,21H,3,11H2,1-2H3,(H,22,29)(H,23,26)(H,24,27). The lowest BCUT2D eigenvalue weighted by Gasteiger charge is -2.12. The quantitative estimate of drug-likeness (QED) is 0.439. The number of hydrazine groups is 1. The minimum atomic E-state index is -0.594. The number of hydrogen-bond acceptors (Lipinski definition) is 6. The van der Waals surface area contributed by atoms with E-state index in [9.17, 15) is 19.2 Å².